The first-order chi connectivity index (χ1) is 7.11. The Morgan fingerprint density at radius 1 is 1.47 bits per heavy atom. The predicted octanol–water partition coefficient (Wildman–Crippen LogP) is 2.30. The van der Waals surface area contributed by atoms with Gasteiger partial charge < -0.3 is 5.11 Å². The third-order valence-electron chi connectivity index (χ3n) is 2.99. The average Bonchev–Trinajstić information content (AvgIpc) is 2.15. The van der Waals surface area contributed by atoms with Crippen LogP contribution in [0.4, 0.5) is 0 Å². The number of hydrogen-bond donors (Lipinski definition) is 1. The molecule has 2 rings (SSSR count). The van der Waals surface area contributed by atoms with Crippen molar-refractivity contribution in [3.63, 3.8) is 0 Å². The second kappa shape index (κ2) is 4.12. The molecular weight excluding hydrogens is 210 g/mol. The van der Waals surface area contributed by atoms with Crippen molar-refractivity contribution in [2.24, 2.45) is 0 Å². The maximum Gasteiger partial charge on any atom is 0.0897 e. The minimum atomic E-state index is -0.446. The van der Waals surface area contributed by atoms with Gasteiger partial charge in [-0.15, -0.1) is 0 Å². The van der Waals surface area contributed by atoms with Crippen LogP contribution >= 0.6 is 11.6 Å². The van der Waals surface area contributed by atoms with Crippen LogP contribution < -0.4 is 0 Å². The molecule has 1 N–H and O–H groups in total. The summed E-state index contributed by atoms with van der Waals surface area (Å²) in [6, 6.07) is 7.88. The van der Waals surface area contributed by atoms with E-state index < -0.39 is 5.60 Å². The third-order valence-corrected chi connectivity index (χ3v) is 3.22. The summed E-state index contributed by atoms with van der Waals surface area (Å²) in [6.45, 7) is 4.45. The SMILES string of the molecule is CCC1(O)CN(Cc2cccc(Cl)c2)C1. The summed E-state index contributed by atoms with van der Waals surface area (Å²) >= 11 is 5.90. The fourth-order valence-corrected chi connectivity index (χ4v) is 2.23. The molecular formula is C12H16ClNO. The lowest BCUT2D eigenvalue weighted by atomic mass is 9.91. The maximum atomic E-state index is 9.85. The van der Waals surface area contributed by atoms with Crippen LogP contribution in [-0.4, -0.2) is 28.7 Å². The molecule has 1 fully saturated rings. The molecule has 0 radical (unpaired) electrons. The number of hydrogen-bond acceptors (Lipinski definition) is 2. The highest BCUT2D eigenvalue weighted by atomic mass is 35.5. The van der Waals surface area contributed by atoms with Crippen molar-refractivity contribution < 1.29 is 5.11 Å². The number of rotatable bonds is 3. The van der Waals surface area contributed by atoms with Gasteiger partial charge in [0.15, 0.2) is 0 Å². The zero-order chi connectivity index (χ0) is 10.9. The molecule has 3 heteroatoms. The highest BCUT2D eigenvalue weighted by Gasteiger charge is 2.38. The lowest BCUT2D eigenvalue weighted by molar-refractivity contribution is -0.103. The summed E-state index contributed by atoms with van der Waals surface area (Å²) in [5.41, 5.74) is 0.763. The van der Waals surface area contributed by atoms with Gasteiger partial charge in [0, 0.05) is 24.7 Å². The molecule has 0 spiro atoms. The molecule has 0 saturated carbocycles. The van der Waals surface area contributed by atoms with Crippen molar-refractivity contribution in [1.82, 2.24) is 4.90 Å². The second-order valence-electron chi connectivity index (χ2n) is 4.35. The van der Waals surface area contributed by atoms with Gasteiger partial charge in [0.2, 0.25) is 0 Å². The minimum Gasteiger partial charge on any atom is -0.387 e. The topological polar surface area (TPSA) is 23.5 Å². The van der Waals surface area contributed by atoms with Gasteiger partial charge in [-0.25, -0.2) is 0 Å². The fourth-order valence-electron chi connectivity index (χ4n) is 2.02. The molecule has 0 atom stereocenters. The van der Waals surface area contributed by atoms with Gasteiger partial charge in [0.1, 0.15) is 0 Å². The normalized spacial score (nSPS) is 19.9. The van der Waals surface area contributed by atoms with Crippen LogP contribution in [0.2, 0.25) is 5.02 Å². The van der Waals surface area contributed by atoms with E-state index in [1.54, 1.807) is 0 Å². The van der Waals surface area contributed by atoms with E-state index in [1.165, 1.54) is 5.56 Å². The number of halogens is 1. The quantitative estimate of drug-likeness (QED) is 0.854. The number of β-amino-alcohol motifs (C(OH)–C–C–N with tert-alkyl or cyclic N) is 1. The van der Waals surface area contributed by atoms with Gasteiger partial charge in [0.05, 0.1) is 5.60 Å². The molecule has 0 bridgehead atoms. The number of nitrogens with zero attached hydrogens (tertiary/aromatic N) is 1. The van der Waals surface area contributed by atoms with Crippen LogP contribution in [0.3, 0.4) is 0 Å². The highest BCUT2D eigenvalue weighted by molar-refractivity contribution is 6.30. The van der Waals surface area contributed by atoms with Crippen LogP contribution in [0.5, 0.6) is 0 Å². The van der Waals surface area contributed by atoms with E-state index in [1.807, 2.05) is 25.1 Å². The zero-order valence-corrected chi connectivity index (χ0v) is 9.67. The molecule has 0 aliphatic carbocycles. The molecule has 0 aromatic heterocycles. The molecule has 15 heavy (non-hydrogen) atoms. The molecule has 1 aromatic carbocycles. The Hall–Kier alpha value is -0.570. The Labute approximate surface area is 95.5 Å². The summed E-state index contributed by atoms with van der Waals surface area (Å²) in [4.78, 5) is 2.23. The Morgan fingerprint density at radius 3 is 2.80 bits per heavy atom. The van der Waals surface area contributed by atoms with E-state index in [-0.39, 0.29) is 0 Å². The molecule has 1 saturated heterocycles. The summed E-state index contributed by atoms with van der Waals surface area (Å²) in [6.07, 6.45) is 0.832. The van der Waals surface area contributed by atoms with Gasteiger partial charge in [-0.2, -0.15) is 0 Å². The summed E-state index contributed by atoms with van der Waals surface area (Å²) in [7, 11) is 0. The van der Waals surface area contributed by atoms with Crippen molar-refractivity contribution in [3.05, 3.63) is 34.9 Å². The summed E-state index contributed by atoms with van der Waals surface area (Å²) < 4.78 is 0. The van der Waals surface area contributed by atoms with E-state index in [4.69, 9.17) is 11.6 Å². The average molecular weight is 226 g/mol. The Morgan fingerprint density at radius 2 is 2.20 bits per heavy atom. The number of aliphatic hydroxyl groups is 1. The molecule has 2 nitrogen and oxygen atoms in total. The second-order valence-corrected chi connectivity index (χ2v) is 4.79. The van der Waals surface area contributed by atoms with Gasteiger partial charge >= 0.3 is 0 Å². The first kappa shape index (κ1) is 10.9. The van der Waals surface area contributed by atoms with Crippen molar-refractivity contribution in [3.8, 4) is 0 Å². The number of benzene rings is 1. The van der Waals surface area contributed by atoms with Crippen LogP contribution in [0.25, 0.3) is 0 Å². The first-order valence-corrected chi connectivity index (χ1v) is 5.68. The third kappa shape index (κ3) is 2.51. The van der Waals surface area contributed by atoms with Gasteiger partial charge in [-0.05, 0) is 24.1 Å². The molecule has 0 unspecified atom stereocenters. The molecule has 0 amide bonds. The zero-order valence-electron chi connectivity index (χ0n) is 8.91. The number of likely N-dealkylation sites (tertiary alicyclic amines) is 1. The molecule has 1 aliphatic rings. The van der Waals surface area contributed by atoms with Crippen LogP contribution in [0.1, 0.15) is 18.9 Å². The predicted molar refractivity (Wildman–Crippen MR) is 62.0 cm³/mol. The highest BCUT2D eigenvalue weighted by Crippen LogP contribution is 2.26. The first-order valence-electron chi connectivity index (χ1n) is 5.30. The van der Waals surface area contributed by atoms with Crippen LogP contribution in [-0.2, 0) is 6.54 Å². The van der Waals surface area contributed by atoms with Gasteiger partial charge in [-0.3, -0.25) is 4.90 Å². The fraction of sp³-hybridized carbons (Fsp3) is 0.500. The van der Waals surface area contributed by atoms with E-state index in [2.05, 4.69) is 11.0 Å². The van der Waals surface area contributed by atoms with Crippen LogP contribution in [0.15, 0.2) is 24.3 Å². The standard InChI is InChI=1S/C12H16ClNO/c1-2-12(15)8-14(9-12)7-10-4-3-5-11(13)6-10/h3-6,15H,2,7-9H2,1H3. The lowest BCUT2D eigenvalue weighted by Crippen LogP contribution is -2.60. The molecule has 1 aromatic rings. The van der Waals surface area contributed by atoms with Gasteiger partial charge in [-0.1, -0.05) is 30.7 Å². The Bertz CT molecular complexity index is 347. The van der Waals surface area contributed by atoms with E-state index >= 15 is 0 Å². The largest absolute Gasteiger partial charge is 0.387 e. The molecule has 1 heterocycles. The molecule has 1 aliphatic heterocycles. The van der Waals surface area contributed by atoms with E-state index in [0.717, 1.165) is 31.1 Å². The maximum absolute atomic E-state index is 9.85. The van der Waals surface area contributed by atoms with Crippen molar-refractivity contribution >= 4 is 11.6 Å². The molecule has 82 valence electrons. The van der Waals surface area contributed by atoms with Crippen molar-refractivity contribution in [1.29, 1.82) is 0 Å². The smallest absolute Gasteiger partial charge is 0.0897 e. The summed E-state index contributed by atoms with van der Waals surface area (Å²) in [5, 5.41) is 10.6. The van der Waals surface area contributed by atoms with E-state index in [0.29, 0.717) is 0 Å². The Kier molecular flexibility index (Phi) is 3.01. The summed E-state index contributed by atoms with van der Waals surface area (Å²) in [5.74, 6) is 0. The lowest BCUT2D eigenvalue weighted by Gasteiger charge is -2.46. The Balaban J connectivity index is 1.90. The minimum absolute atomic E-state index is 0.446. The van der Waals surface area contributed by atoms with Crippen molar-refractivity contribution in [2.45, 2.75) is 25.5 Å². The monoisotopic (exact) mass is 225 g/mol. The van der Waals surface area contributed by atoms with Crippen LogP contribution in [0, 0.1) is 0 Å². The van der Waals surface area contributed by atoms with Gasteiger partial charge in [0.25, 0.3) is 0 Å². The van der Waals surface area contributed by atoms with Crippen molar-refractivity contribution in [2.75, 3.05) is 13.1 Å². The van der Waals surface area contributed by atoms with E-state index in [9.17, 15) is 5.11 Å².